The van der Waals surface area contributed by atoms with Gasteiger partial charge in [0.25, 0.3) is 0 Å². The number of nitrogens with one attached hydrogen (secondary N) is 1. The second-order valence-corrected chi connectivity index (χ2v) is 5.24. The molecular formula is C19H17N3O2. The average molecular weight is 319 g/mol. The van der Waals surface area contributed by atoms with E-state index in [1.807, 2.05) is 30.3 Å². The van der Waals surface area contributed by atoms with Crippen LogP contribution in [-0.2, 0) is 0 Å². The molecule has 3 rings (SSSR count). The lowest BCUT2D eigenvalue weighted by Gasteiger charge is -2.23. The van der Waals surface area contributed by atoms with Crippen LogP contribution in [0.25, 0.3) is 0 Å². The van der Waals surface area contributed by atoms with Crippen LogP contribution >= 0.6 is 0 Å². The predicted molar refractivity (Wildman–Crippen MR) is 96.6 cm³/mol. The van der Waals surface area contributed by atoms with Crippen molar-refractivity contribution in [1.82, 2.24) is 0 Å². The standard InChI is InChI=1S/C19H17N3O2/c20-14-9-11-17(12-10-14)22(16-6-2-1-3-7-16)19(24)21-15-5-4-8-18(23)13-15/h1-13,23H,20H2,(H,21,24). The molecule has 0 heterocycles. The van der Waals surface area contributed by atoms with Gasteiger partial charge in [-0.05, 0) is 48.5 Å². The number of nitrogens with two attached hydrogens (primary N) is 1. The number of carbonyl (C=O) groups is 1. The van der Waals surface area contributed by atoms with E-state index in [1.165, 1.54) is 6.07 Å². The number of nitrogens with zero attached hydrogens (tertiary/aromatic N) is 1. The number of benzene rings is 3. The zero-order valence-electron chi connectivity index (χ0n) is 12.9. The van der Waals surface area contributed by atoms with Crippen molar-refractivity contribution in [2.45, 2.75) is 0 Å². The molecule has 5 heteroatoms. The van der Waals surface area contributed by atoms with Crippen molar-refractivity contribution in [3.05, 3.63) is 78.9 Å². The van der Waals surface area contributed by atoms with Crippen LogP contribution in [0.5, 0.6) is 5.75 Å². The van der Waals surface area contributed by atoms with Crippen LogP contribution in [-0.4, -0.2) is 11.1 Å². The number of nitrogen functional groups attached to an aromatic ring is 1. The summed E-state index contributed by atoms with van der Waals surface area (Å²) in [4.78, 5) is 14.4. The molecular weight excluding hydrogens is 302 g/mol. The van der Waals surface area contributed by atoms with Crippen molar-refractivity contribution in [2.75, 3.05) is 16.0 Å². The summed E-state index contributed by atoms with van der Waals surface area (Å²) in [6.07, 6.45) is 0. The van der Waals surface area contributed by atoms with E-state index in [1.54, 1.807) is 47.4 Å². The van der Waals surface area contributed by atoms with Gasteiger partial charge in [-0.25, -0.2) is 4.79 Å². The highest BCUT2D eigenvalue weighted by atomic mass is 16.3. The molecule has 0 radical (unpaired) electrons. The normalized spacial score (nSPS) is 10.2. The highest BCUT2D eigenvalue weighted by Crippen LogP contribution is 2.27. The minimum atomic E-state index is -0.337. The summed E-state index contributed by atoms with van der Waals surface area (Å²) < 4.78 is 0. The first-order chi connectivity index (χ1) is 11.6. The molecule has 120 valence electrons. The Morgan fingerprint density at radius 1 is 0.875 bits per heavy atom. The van der Waals surface area contributed by atoms with Crippen molar-refractivity contribution >= 4 is 28.8 Å². The molecule has 3 aromatic rings. The third-order valence-electron chi connectivity index (χ3n) is 3.47. The van der Waals surface area contributed by atoms with Gasteiger partial charge in [-0.1, -0.05) is 24.3 Å². The van der Waals surface area contributed by atoms with Gasteiger partial charge in [0.1, 0.15) is 5.75 Å². The van der Waals surface area contributed by atoms with Crippen molar-refractivity contribution in [2.24, 2.45) is 0 Å². The lowest BCUT2D eigenvalue weighted by Crippen LogP contribution is -2.30. The minimum Gasteiger partial charge on any atom is -0.508 e. The van der Waals surface area contributed by atoms with Gasteiger partial charge in [0.05, 0.1) is 11.4 Å². The van der Waals surface area contributed by atoms with Gasteiger partial charge in [0.2, 0.25) is 0 Å². The van der Waals surface area contributed by atoms with Crippen molar-refractivity contribution < 1.29 is 9.90 Å². The zero-order valence-corrected chi connectivity index (χ0v) is 12.9. The van der Waals surface area contributed by atoms with E-state index in [0.717, 1.165) is 5.69 Å². The summed E-state index contributed by atoms with van der Waals surface area (Å²) >= 11 is 0. The molecule has 0 fully saturated rings. The number of rotatable bonds is 3. The van der Waals surface area contributed by atoms with Crippen molar-refractivity contribution in [3.63, 3.8) is 0 Å². The first-order valence-electron chi connectivity index (χ1n) is 7.44. The van der Waals surface area contributed by atoms with Crippen molar-refractivity contribution in [3.8, 4) is 5.75 Å². The van der Waals surface area contributed by atoms with E-state index in [9.17, 15) is 9.90 Å². The van der Waals surface area contributed by atoms with Crippen LogP contribution in [0, 0.1) is 0 Å². The Morgan fingerprint density at radius 2 is 1.54 bits per heavy atom. The second kappa shape index (κ2) is 6.75. The molecule has 0 aliphatic rings. The van der Waals surface area contributed by atoms with E-state index >= 15 is 0 Å². The zero-order chi connectivity index (χ0) is 16.9. The van der Waals surface area contributed by atoms with E-state index in [0.29, 0.717) is 17.1 Å². The number of para-hydroxylation sites is 1. The summed E-state index contributed by atoms with van der Waals surface area (Å²) in [6.45, 7) is 0. The van der Waals surface area contributed by atoms with Gasteiger partial charge in [0.15, 0.2) is 0 Å². The van der Waals surface area contributed by atoms with Gasteiger partial charge < -0.3 is 16.2 Å². The fraction of sp³-hybridized carbons (Fsp3) is 0. The monoisotopic (exact) mass is 319 g/mol. The Morgan fingerprint density at radius 3 is 2.21 bits per heavy atom. The van der Waals surface area contributed by atoms with Crippen LogP contribution in [0.3, 0.4) is 0 Å². The molecule has 0 spiro atoms. The number of carbonyl (C=O) groups excluding carboxylic acids is 1. The third-order valence-corrected chi connectivity index (χ3v) is 3.47. The molecule has 0 aliphatic heterocycles. The van der Waals surface area contributed by atoms with Crippen LogP contribution in [0.2, 0.25) is 0 Å². The second-order valence-electron chi connectivity index (χ2n) is 5.24. The predicted octanol–water partition coefficient (Wildman–Crippen LogP) is 4.34. The van der Waals surface area contributed by atoms with Gasteiger partial charge in [-0.15, -0.1) is 0 Å². The molecule has 4 N–H and O–H groups in total. The van der Waals surface area contributed by atoms with E-state index < -0.39 is 0 Å². The lowest BCUT2D eigenvalue weighted by atomic mass is 10.2. The molecule has 0 saturated carbocycles. The number of amides is 2. The molecule has 0 unspecified atom stereocenters. The van der Waals surface area contributed by atoms with E-state index in [4.69, 9.17) is 5.73 Å². The number of phenolic OH excluding ortho intramolecular Hbond substituents is 1. The fourth-order valence-corrected chi connectivity index (χ4v) is 2.35. The molecule has 5 nitrogen and oxygen atoms in total. The van der Waals surface area contributed by atoms with E-state index in [2.05, 4.69) is 5.32 Å². The van der Waals surface area contributed by atoms with Crippen LogP contribution in [0.1, 0.15) is 0 Å². The molecule has 0 aliphatic carbocycles. The number of phenols is 1. The average Bonchev–Trinajstić information content (AvgIpc) is 2.58. The summed E-state index contributed by atoms with van der Waals surface area (Å²) in [5.74, 6) is 0.0894. The Kier molecular flexibility index (Phi) is 4.34. The fourth-order valence-electron chi connectivity index (χ4n) is 2.35. The molecule has 3 aromatic carbocycles. The molecule has 0 aromatic heterocycles. The van der Waals surface area contributed by atoms with E-state index in [-0.39, 0.29) is 11.8 Å². The molecule has 0 bridgehead atoms. The number of hydrogen-bond acceptors (Lipinski definition) is 3. The summed E-state index contributed by atoms with van der Waals surface area (Å²) in [6, 6.07) is 22.4. The molecule has 0 saturated heterocycles. The van der Waals surface area contributed by atoms with Crippen molar-refractivity contribution in [1.29, 1.82) is 0 Å². The highest BCUT2D eigenvalue weighted by molar-refractivity contribution is 6.07. The largest absolute Gasteiger partial charge is 0.508 e. The Bertz CT molecular complexity index is 833. The van der Waals surface area contributed by atoms with Gasteiger partial charge in [-0.3, -0.25) is 4.90 Å². The Labute approximate surface area is 140 Å². The van der Waals surface area contributed by atoms with Crippen LogP contribution in [0.4, 0.5) is 27.5 Å². The van der Waals surface area contributed by atoms with Gasteiger partial charge in [0, 0.05) is 17.4 Å². The number of hydrogen-bond donors (Lipinski definition) is 3. The maximum atomic E-state index is 12.8. The number of urea groups is 1. The number of aromatic hydroxyl groups is 1. The Hall–Kier alpha value is -3.47. The lowest BCUT2D eigenvalue weighted by molar-refractivity contribution is 0.259. The topological polar surface area (TPSA) is 78.6 Å². The summed E-state index contributed by atoms with van der Waals surface area (Å²) in [5.41, 5.74) is 8.28. The summed E-state index contributed by atoms with van der Waals surface area (Å²) in [7, 11) is 0. The quantitative estimate of drug-likeness (QED) is 0.628. The van der Waals surface area contributed by atoms with Crippen LogP contribution < -0.4 is 16.0 Å². The Balaban J connectivity index is 1.95. The number of anilines is 4. The minimum absolute atomic E-state index is 0.0894. The van der Waals surface area contributed by atoms with Crippen LogP contribution in [0.15, 0.2) is 78.9 Å². The smallest absolute Gasteiger partial charge is 0.330 e. The third kappa shape index (κ3) is 3.47. The first kappa shape index (κ1) is 15.4. The SMILES string of the molecule is Nc1ccc(N(C(=O)Nc2cccc(O)c2)c2ccccc2)cc1. The molecule has 24 heavy (non-hydrogen) atoms. The highest BCUT2D eigenvalue weighted by Gasteiger charge is 2.18. The summed E-state index contributed by atoms with van der Waals surface area (Å²) in [5, 5.41) is 12.3. The maximum Gasteiger partial charge on any atom is 0.330 e. The maximum absolute atomic E-state index is 12.8. The van der Waals surface area contributed by atoms with Gasteiger partial charge >= 0.3 is 6.03 Å². The first-order valence-corrected chi connectivity index (χ1v) is 7.44. The molecule has 0 atom stereocenters. The molecule has 2 amide bonds. The van der Waals surface area contributed by atoms with Gasteiger partial charge in [-0.2, -0.15) is 0 Å².